The topological polar surface area (TPSA) is 17.1 Å². The van der Waals surface area contributed by atoms with Gasteiger partial charge in [-0.05, 0) is 143 Å². The molecule has 7 aliphatic rings. The van der Waals surface area contributed by atoms with Crippen molar-refractivity contribution in [3.8, 4) is 22.3 Å². The molecule has 0 saturated carbocycles. The number of benzene rings is 5. The summed E-state index contributed by atoms with van der Waals surface area (Å²) in [5.74, 6) is 0.608. The molecule has 3 unspecified atom stereocenters. The maximum Gasteiger partial charge on any atom is 0.166 e. The van der Waals surface area contributed by atoms with Crippen LogP contribution in [0.1, 0.15) is 54.4 Å². The molecular weight excluding hydrogens is 653 g/mol. The van der Waals surface area contributed by atoms with E-state index < -0.39 is 0 Å². The number of rotatable bonds is 4. The van der Waals surface area contributed by atoms with Crippen molar-refractivity contribution in [2.24, 2.45) is 17.8 Å². The largest absolute Gasteiger partial charge is 0.294 e. The van der Waals surface area contributed by atoms with E-state index in [9.17, 15) is 4.79 Å². The summed E-state index contributed by atoms with van der Waals surface area (Å²) in [5, 5.41) is 5.44. The molecule has 3 atom stereocenters. The molecule has 0 saturated heterocycles. The van der Waals surface area contributed by atoms with Crippen LogP contribution in [0.15, 0.2) is 168 Å². The van der Waals surface area contributed by atoms with E-state index in [-0.39, 0.29) is 23.5 Å². The molecule has 0 heterocycles. The summed E-state index contributed by atoms with van der Waals surface area (Å²) in [7, 11) is 0. The van der Waals surface area contributed by atoms with E-state index >= 15 is 0 Å². The first-order chi connectivity index (χ1) is 26.7. The highest BCUT2D eigenvalue weighted by Gasteiger charge is 2.46. The van der Waals surface area contributed by atoms with Crippen molar-refractivity contribution in [3.63, 3.8) is 0 Å². The minimum Gasteiger partial charge on any atom is -0.294 e. The number of allylic oxidation sites excluding steroid dienone is 18. The number of ketones is 1. The minimum atomic E-state index is -0.126. The van der Waals surface area contributed by atoms with Gasteiger partial charge in [-0.3, -0.25) is 4.79 Å². The number of hydrogen-bond donors (Lipinski definition) is 0. The molecule has 1 nitrogen and oxygen atoms in total. The molecule has 0 spiro atoms. The van der Waals surface area contributed by atoms with Gasteiger partial charge in [-0.25, -0.2) is 0 Å². The highest BCUT2D eigenvalue weighted by Crippen LogP contribution is 2.63. The van der Waals surface area contributed by atoms with E-state index in [1.807, 2.05) is 6.08 Å². The number of fused-ring (bicyclic) bond motifs is 8. The number of carbonyl (C=O) groups excluding carboxylic acids is 1. The summed E-state index contributed by atoms with van der Waals surface area (Å²) >= 11 is 0. The van der Waals surface area contributed by atoms with E-state index in [0.717, 1.165) is 37.7 Å². The monoisotopic (exact) mass is 690 g/mol. The molecule has 1 heteroatoms. The van der Waals surface area contributed by atoms with Crippen LogP contribution in [0.4, 0.5) is 0 Å². The van der Waals surface area contributed by atoms with Crippen molar-refractivity contribution in [1.82, 2.24) is 0 Å². The van der Waals surface area contributed by atoms with Crippen molar-refractivity contribution in [1.29, 1.82) is 0 Å². The van der Waals surface area contributed by atoms with Crippen LogP contribution in [0.3, 0.4) is 0 Å². The Morgan fingerprint density at radius 2 is 1.43 bits per heavy atom. The zero-order valence-corrected chi connectivity index (χ0v) is 30.1. The quantitative estimate of drug-likeness (QED) is 0.172. The lowest BCUT2D eigenvalue weighted by Gasteiger charge is -2.35. The van der Waals surface area contributed by atoms with E-state index in [2.05, 4.69) is 146 Å². The van der Waals surface area contributed by atoms with Crippen molar-refractivity contribution >= 4 is 49.6 Å². The highest BCUT2D eigenvalue weighted by atomic mass is 16.1. The fourth-order valence-corrected chi connectivity index (χ4v) is 11.0. The summed E-state index contributed by atoms with van der Waals surface area (Å²) in [6, 6.07) is 31.9. The first-order valence-electron chi connectivity index (χ1n) is 19.8. The Kier molecular flexibility index (Phi) is 6.46. The predicted molar refractivity (Wildman–Crippen MR) is 225 cm³/mol. The minimum absolute atomic E-state index is 0.126. The van der Waals surface area contributed by atoms with Gasteiger partial charge < -0.3 is 0 Å². The Bertz CT molecular complexity index is 2840. The lowest BCUT2D eigenvalue weighted by atomic mass is 9.68. The van der Waals surface area contributed by atoms with E-state index in [1.165, 1.54) is 99.5 Å². The number of Topliss-reactive ketones (excluding diaryl/α,β-unsaturated/α-hetero) is 1. The fraction of sp³-hybridized carbons (Fsp3) is 0.151. The average Bonchev–Trinajstić information content (AvgIpc) is 3.74. The van der Waals surface area contributed by atoms with Crippen LogP contribution in [0.2, 0.25) is 0 Å². The van der Waals surface area contributed by atoms with Gasteiger partial charge in [-0.15, -0.1) is 0 Å². The standard InChI is InChI=1S/C53H38O/c54-53(33-18-8-3-9-19-33)34-26-27-36-35(28-34)29-44-49-39(36)22-12-25-42(49)51-46(31-14-4-1-5-15-31)45-30-43-38-21-11-10-20-37(38)40-23-13-24-41(48(40)43)50(45)47(52(44)51)32-16-6-2-7-17-32/h1-8,10,12-18,20,22-27,29-30,34,39,49H,9,11,19,21,28H2. The van der Waals surface area contributed by atoms with E-state index in [0.29, 0.717) is 0 Å². The molecule has 0 aliphatic heterocycles. The van der Waals surface area contributed by atoms with Gasteiger partial charge in [-0.2, -0.15) is 0 Å². The third-order valence-electron chi connectivity index (χ3n) is 13.2. The van der Waals surface area contributed by atoms with Gasteiger partial charge in [0.25, 0.3) is 0 Å². The normalized spacial score (nSPS) is 22.6. The van der Waals surface area contributed by atoms with Crippen molar-refractivity contribution in [2.75, 3.05) is 0 Å². The first-order valence-corrected chi connectivity index (χ1v) is 19.8. The average molecular weight is 691 g/mol. The summed E-state index contributed by atoms with van der Waals surface area (Å²) in [4.78, 5) is 13.9. The third-order valence-corrected chi connectivity index (χ3v) is 13.2. The Labute approximate surface area is 316 Å². The van der Waals surface area contributed by atoms with Gasteiger partial charge in [0.2, 0.25) is 0 Å². The molecule has 0 amide bonds. The second-order valence-corrected chi connectivity index (χ2v) is 15.9. The van der Waals surface area contributed by atoms with Crippen LogP contribution in [0.5, 0.6) is 0 Å². The summed E-state index contributed by atoms with van der Waals surface area (Å²) in [6.45, 7) is 0. The SMILES string of the molecule is O=C(C1=CC=CCC1)C1C=CC2=C(C=C3c4c(c(-c5ccccc5)c5cc6c7c(cccc7c5c4-c4ccccc4)C4=C6CCC=C4)C4=CC=CC2C43)C1. The molecule has 54 heavy (non-hydrogen) atoms. The zero-order chi connectivity index (χ0) is 35.5. The molecule has 7 aliphatic carbocycles. The fourth-order valence-electron chi connectivity index (χ4n) is 11.0. The second-order valence-electron chi connectivity index (χ2n) is 15.9. The smallest absolute Gasteiger partial charge is 0.166 e. The molecule has 0 aromatic heterocycles. The summed E-state index contributed by atoms with van der Waals surface area (Å²) < 4.78 is 0. The molecule has 5 aromatic carbocycles. The molecule has 12 rings (SSSR count). The molecular formula is C53H38O. The van der Waals surface area contributed by atoms with Gasteiger partial charge in [0.05, 0.1) is 0 Å². The van der Waals surface area contributed by atoms with Crippen molar-refractivity contribution < 1.29 is 4.79 Å². The lowest BCUT2D eigenvalue weighted by Crippen LogP contribution is -2.25. The van der Waals surface area contributed by atoms with Gasteiger partial charge >= 0.3 is 0 Å². The van der Waals surface area contributed by atoms with Gasteiger partial charge in [-0.1, -0.05) is 146 Å². The molecule has 5 aromatic rings. The van der Waals surface area contributed by atoms with Crippen molar-refractivity contribution in [3.05, 3.63) is 191 Å². The van der Waals surface area contributed by atoms with Crippen LogP contribution in [-0.4, -0.2) is 5.78 Å². The number of carbonyl (C=O) groups is 1. The molecule has 0 fully saturated rings. The second kappa shape index (κ2) is 11.5. The first kappa shape index (κ1) is 30.4. The predicted octanol–water partition coefficient (Wildman–Crippen LogP) is 13.2. The van der Waals surface area contributed by atoms with Gasteiger partial charge in [0, 0.05) is 17.8 Å². The summed E-state index contributed by atoms with van der Waals surface area (Å²) in [5.41, 5.74) is 20.1. The molecule has 0 radical (unpaired) electrons. The van der Waals surface area contributed by atoms with Crippen molar-refractivity contribution in [2.45, 2.75) is 32.1 Å². The Balaban J connectivity index is 1.19. The summed E-state index contributed by atoms with van der Waals surface area (Å²) in [6.07, 6.45) is 29.8. The number of hydrogen-bond acceptors (Lipinski definition) is 1. The Morgan fingerprint density at radius 3 is 2.24 bits per heavy atom. The highest BCUT2D eigenvalue weighted by molar-refractivity contribution is 6.30. The van der Waals surface area contributed by atoms with Crippen LogP contribution >= 0.6 is 0 Å². The maximum atomic E-state index is 13.9. The third kappa shape index (κ3) is 4.13. The molecule has 256 valence electrons. The lowest BCUT2D eigenvalue weighted by molar-refractivity contribution is -0.118. The van der Waals surface area contributed by atoms with Crippen LogP contribution in [-0.2, 0) is 4.79 Å². The van der Waals surface area contributed by atoms with Crippen LogP contribution in [0.25, 0.3) is 66.1 Å². The van der Waals surface area contributed by atoms with E-state index in [1.54, 1.807) is 0 Å². The maximum absolute atomic E-state index is 13.9. The zero-order valence-electron chi connectivity index (χ0n) is 30.1. The van der Waals surface area contributed by atoms with Crippen LogP contribution in [0, 0.1) is 17.8 Å². The molecule has 0 bridgehead atoms. The van der Waals surface area contributed by atoms with Crippen LogP contribution < -0.4 is 0 Å². The van der Waals surface area contributed by atoms with Gasteiger partial charge in [0.15, 0.2) is 5.78 Å². The van der Waals surface area contributed by atoms with E-state index in [4.69, 9.17) is 0 Å². The molecule has 0 N–H and O–H groups in total. The Morgan fingerprint density at radius 1 is 0.630 bits per heavy atom. The Hall–Kier alpha value is -6.05. The van der Waals surface area contributed by atoms with Gasteiger partial charge in [0.1, 0.15) is 0 Å².